The average molecular weight is 564 g/mol. The molecule has 2 atom stereocenters. The summed E-state index contributed by atoms with van der Waals surface area (Å²) in [5.41, 5.74) is 8.75. The summed E-state index contributed by atoms with van der Waals surface area (Å²) in [6, 6.07) is 17.5. The molecule has 0 amide bonds. The monoisotopic (exact) mass is 563 g/mol. The van der Waals surface area contributed by atoms with E-state index in [-0.39, 0.29) is 11.9 Å². The zero-order valence-electron chi connectivity index (χ0n) is 24.0. The molecular formula is C34H34FN5O2. The molecule has 1 aliphatic carbocycles. The van der Waals surface area contributed by atoms with Gasteiger partial charge in [0.05, 0.1) is 18.7 Å². The quantitative estimate of drug-likeness (QED) is 0.190. The van der Waals surface area contributed by atoms with E-state index >= 15 is 4.39 Å². The average Bonchev–Trinajstić information content (AvgIpc) is 3.42. The third-order valence-corrected chi connectivity index (χ3v) is 8.30. The van der Waals surface area contributed by atoms with Crippen molar-refractivity contribution in [3.05, 3.63) is 95.7 Å². The van der Waals surface area contributed by atoms with Crippen LogP contribution in [0.1, 0.15) is 36.0 Å². The molecule has 1 saturated carbocycles. The van der Waals surface area contributed by atoms with E-state index in [1.165, 1.54) is 0 Å². The van der Waals surface area contributed by atoms with Crippen LogP contribution in [0.3, 0.4) is 0 Å². The molecule has 1 aliphatic rings. The lowest BCUT2D eigenvalue weighted by molar-refractivity contribution is 0.148. The van der Waals surface area contributed by atoms with E-state index in [1.54, 1.807) is 31.8 Å². The Balaban J connectivity index is 1.32. The smallest absolute Gasteiger partial charge is 0.158 e. The molecule has 8 heteroatoms. The fourth-order valence-corrected chi connectivity index (χ4v) is 5.95. The minimum absolute atomic E-state index is 0.0227. The van der Waals surface area contributed by atoms with Crippen molar-refractivity contribution in [1.82, 2.24) is 20.3 Å². The van der Waals surface area contributed by atoms with Crippen LogP contribution in [-0.4, -0.2) is 39.3 Å². The molecule has 7 nitrogen and oxygen atoms in total. The fourth-order valence-electron chi connectivity index (χ4n) is 5.95. The number of nitrogens with one attached hydrogen (secondary N) is 2. The lowest BCUT2D eigenvalue weighted by Crippen LogP contribution is -2.35. The van der Waals surface area contributed by atoms with E-state index in [0.717, 1.165) is 63.8 Å². The van der Waals surface area contributed by atoms with E-state index < -0.39 is 6.10 Å². The number of hydrogen-bond donors (Lipinski definition) is 3. The Hall–Kier alpha value is -4.40. The van der Waals surface area contributed by atoms with Gasteiger partial charge in [0.2, 0.25) is 0 Å². The number of hydrogen-bond acceptors (Lipinski definition) is 7. The maximum Gasteiger partial charge on any atom is 0.158 e. The van der Waals surface area contributed by atoms with Gasteiger partial charge in [-0.1, -0.05) is 30.3 Å². The van der Waals surface area contributed by atoms with Crippen LogP contribution in [0.4, 0.5) is 15.9 Å². The summed E-state index contributed by atoms with van der Waals surface area (Å²) in [4.78, 5) is 13.4. The Morgan fingerprint density at radius 1 is 0.905 bits per heavy atom. The van der Waals surface area contributed by atoms with Gasteiger partial charge in [0, 0.05) is 42.4 Å². The van der Waals surface area contributed by atoms with Crippen LogP contribution >= 0.6 is 0 Å². The van der Waals surface area contributed by atoms with E-state index in [4.69, 9.17) is 4.74 Å². The van der Waals surface area contributed by atoms with Crippen molar-refractivity contribution in [3.63, 3.8) is 0 Å². The summed E-state index contributed by atoms with van der Waals surface area (Å²) in [6.45, 7) is 4.44. The van der Waals surface area contributed by atoms with Gasteiger partial charge in [0.1, 0.15) is 17.1 Å². The van der Waals surface area contributed by atoms with Crippen molar-refractivity contribution in [3.8, 4) is 28.0 Å². The molecule has 214 valence electrons. The topological polar surface area (TPSA) is 92.2 Å². The Labute approximate surface area is 244 Å². The molecule has 42 heavy (non-hydrogen) atoms. The number of methoxy groups -OCH3 is 1. The van der Waals surface area contributed by atoms with Gasteiger partial charge < -0.3 is 20.5 Å². The number of aromatic nitrogens is 3. The molecule has 0 aliphatic heterocycles. The number of benzene rings is 3. The van der Waals surface area contributed by atoms with Crippen molar-refractivity contribution < 1.29 is 14.2 Å². The van der Waals surface area contributed by atoms with Gasteiger partial charge in [0.25, 0.3) is 0 Å². The molecule has 0 radical (unpaired) electrons. The predicted octanol–water partition coefficient (Wildman–Crippen LogP) is 6.87. The number of fused-ring (bicyclic) bond motifs is 1. The summed E-state index contributed by atoms with van der Waals surface area (Å²) in [6.07, 6.45) is 7.30. The second kappa shape index (κ2) is 11.8. The third kappa shape index (κ3) is 5.31. The summed E-state index contributed by atoms with van der Waals surface area (Å²) < 4.78 is 21.2. The lowest BCUT2D eigenvalue weighted by Gasteiger charge is -2.20. The molecule has 0 bridgehead atoms. The first kappa shape index (κ1) is 27.8. The van der Waals surface area contributed by atoms with E-state index in [9.17, 15) is 5.11 Å². The highest BCUT2D eigenvalue weighted by Gasteiger charge is 2.25. The van der Waals surface area contributed by atoms with Gasteiger partial charge >= 0.3 is 0 Å². The second-order valence-electron chi connectivity index (χ2n) is 10.8. The number of halogens is 1. The van der Waals surface area contributed by atoms with Crippen molar-refractivity contribution in [2.75, 3.05) is 12.4 Å². The molecule has 3 N–H and O–H groups in total. The molecule has 0 spiro atoms. The molecule has 1 fully saturated rings. The van der Waals surface area contributed by atoms with Crippen molar-refractivity contribution in [1.29, 1.82) is 0 Å². The van der Waals surface area contributed by atoms with E-state index in [2.05, 4.69) is 51.6 Å². The lowest BCUT2D eigenvalue weighted by atomic mass is 9.90. The number of pyridine rings is 1. The van der Waals surface area contributed by atoms with Gasteiger partial charge in [-0.25, -0.2) is 14.4 Å². The van der Waals surface area contributed by atoms with Crippen molar-refractivity contribution in [2.45, 2.75) is 51.8 Å². The zero-order chi connectivity index (χ0) is 29.2. The SMILES string of the molecule is COc1cc(-c2cccc(-c3cccc(Nc4nccc5nccnc45)c3C)c2C)cc(F)c1CN[C@H]1CCC[C@@H]1O. The third-order valence-electron chi connectivity index (χ3n) is 8.30. The molecular weight excluding hydrogens is 529 g/mol. The maximum atomic E-state index is 15.5. The Morgan fingerprint density at radius 3 is 2.45 bits per heavy atom. The fraction of sp³-hybridized carbons (Fsp3) is 0.265. The number of nitrogens with zero attached hydrogens (tertiary/aromatic N) is 3. The zero-order valence-corrected chi connectivity index (χ0v) is 24.0. The number of anilines is 2. The molecule has 2 heterocycles. The highest BCUT2D eigenvalue weighted by molar-refractivity contribution is 5.89. The van der Waals surface area contributed by atoms with Gasteiger partial charge in [-0.15, -0.1) is 0 Å². The standard InChI is InChI=1S/C34H34FN5O2/c1-20-23(22-17-27(35)26(32(18-22)42-3)19-39-29-11-6-12-31(29)41)7-4-8-24(20)25-9-5-10-28(21(25)2)40-34-33-30(13-14-38-34)36-15-16-37-33/h4-5,7-10,13-18,29,31,39,41H,6,11-12,19H2,1-3H3,(H,38,40)/t29-,31-/m0/s1. The minimum Gasteiger partial charge on any atom is -0.496 e. The second-order valence-corrected chi connectivity index (χ2v) is 10.8. The first-order valence-electron chi connectivity index (χ1n) is 14.2. The first-order valence-corrected chi connectivity index (χ1v) is 14.2. The van der Waals surface area contributed by atoms with Crippen LogP contribution in [0.2, 0.25) is 0 Å². The van der Waals surface area contributed by atoms with Crippen LogP contribution in [0.15, 0.2) is 73.2 Å². The molecule has 6 rings (SSSR count). The number of aliphatic hydroxyl groups is 1. The number of rotatable bonds is 8. The molecule has 3 aromatic carbocycles. The van der Waals surface area contributed by atoms with Gasteiger partial charge in [-0.3, -0.25) is 4.98 Å². The van der Waals surface area contributed by atoms with Crippen LogP contribution in [0.5, 0.6) is 5.75 Å². The molecule has 0 saturated heterocycles. The van der Waals surface area contributed by atoms with E-state index in [1.807, 2.05) is 36.4 Å². The van der Waals surface area contributed by atoms with Crippen LogP contribution in [-0.2, 0) is 6.54 Å². The summed E-state index contributed by atoms with van der Waals surface area (Å²) in [5, 5.41) is 16.9. The maximum absolute atomic E-state index is 15.5. The summed E-state index contributed by atoms with van der Waals surface area (Å²) in [7, 11) is 1.56. The Bertz CT molecular complexity index is 1750. The Kier molecular flexibility index (Phi) is 7.82. The van der Waals surface area contributed by atoms with Crippen LogP contribution in [0.25, 0.3) is 33.3 Å². The van der Waals surface area contributed by atoms with Crippen LogP contribution < -0.4 is 15.4 Å². The van der Waals surface area contributed by atoms with E-state index in [0.29, 0.717) is 29.2 Å². The van der Waals surface area contributed by atoms with Crippen molar-refractivity contribution >= 4 is 22.5 Å². The number of ether oxygens (including phenoxy) is 1. The first-order chi connectivity index (χ1) is 20.4. The van der Waals surface area contributed by atoms with Crippen LogP contribution in [0, 0.1) is 19.7 Å². The van der Waals surface area contributed by atoms with Gasteiger partial charge in [-0.05, 0) is 90.8 Å². The largest absolute Gasteiger partial charge is 0.496 e. The molecule has 0 unspecified atom stereocenters. The van der Waals surface area contributed by atoms with Gasteiger partial charge in [0.15, 0.2) is 5.82 Å². The number of aliphatic hydroxyl groups excluding tert-OH is 1. The van der Waals surface area contributed by atoms with Crippen molar-refractivity contribution in [2.24, 2.45) is 0 Å². The normalized spacial score (nSPS) is 16.6. The predicted molar refractivity (Wildman–Crippen MR) is 164 cm³/mol. The minimum atomic E-state index is -0.391. The highest BCUT2D eigenvalue weighted by atomic mass is 19.1. The molecule has 2 aromatic heterocycles. The Morgan fingerprint density at radius 2 is 1.67 bits per heavy atom. The van der Waals surface area contributed by atoms with Gasteiger partial charge in [-0.2, -0.15) is 0 Å². The highest BCUT2D eigenvalue weighted by Crippen LogP contribution is 2.38. The summed E-state index contributed by atoms with van der Waals surface area (Å²) in [5.74, 6) is 0.802. The summed E-state index contributed by atoms with van der Waals surface area (Å²) >= 11 is 0. The molecule has 5 aromatic rings.